The molecule has 0 aromatic heterocycles. The van der Waals surface area contributed by atoms with Crippen molar-refractivity contribution in [2.75, 3.05) is 6.61 Å². The topological polar surface area (TPSA) is 21.3 Å². The van der Waals surface area contributed by atoms with Gasteiger partial charge in [0.25, 0.3) is 0 Å². The highest BCUT2D eigenvalue weighted by molar-refractivity contribution is 4.78. The van der Waals surface area contributed by atoms with Crippen LogP contribution in [0.5, 0.6) is 0 Å². The fourth-order valence-corrected chi connectivity index (χ4v) is 1.72. The van der Waals surface area contributed by atoms with Crippen LogP contribution in [0.2, 0.25) is 0 Å². The molecule has 1 saturated heterocycles. The summed E-state index contributed by atoms with van der Waals surface area (Å²) in [6.07, 6.45) is 3.92. The second-order valence-corrected chi connectivity index (χ2v) is 5.12. The summed E-state index contributed by atoms with van der Waals surface area (Å²) in [6, 6.07) is 1.24. The number of nitrogens with one attached hydrogen (secondary N) is 1. The number of ether oxygens (including phenoxy) is 1. The molecule has 78 valence electrons. The lowest BCUT2D eigenvalue weighted by Gasteiger charge is -2.31. The molecule has 1 aliphatic rings. The van der Waals surface area contributed by atoms with Gasteiger partial charge in [-0.2, -0.15) is 0 Å². The largest absolute Gasteiger partial charge is 0.374 e. The van der Waals surface area contributed by atoms with Gasteiger partial charge >= 0.3 is 0 Å². The Morgan fingerprint density at radius 3 is 2.54 bits per heavy atom. The molecule has 0 bridgehead atoms. The van der Waals surface area contributed by atoms with E-state index in [1.54, 1.807) is 0 Å². The van der Waals surface area contributed by atoms with Crippen LogP contribution in [0.25, 0.3) is 0 Å². The summed E-state index contributed by atoms with van der Waals surface area (Å²) in [5.41, 5.74) is 0.00235. The summed E-state index contributed by atoms with van der Waals surface area (Å²) in [5.74, 6) is 0. The van der Waals surface area contributed by atoms with Crippen molar-refractivity contribution in [3.63, 3.8) is 0 Å². The number of rotatable bonds is 2. The molecule has 2 heteroatoms. The van der Waals surface area contributed by atoms with Crippen molar-refractivity contribution in [2.45, 2.75) is 64.6 Å². The Balaban J connectivity index is 2.21. The van der Waals surface area contributed by atoms with Crippen LogP contribution in [0.3, 0.4) is 0 Å². The first-order valence-electron chi connectivity index (χ1n) is 5.37. The Kier molecular flexibility index (Phi) is 3.74. The Morgan fingerprint density at radius 2 is 2.00 bits per heavy atom. The quantitative estimate of drug-likeness (QED) is 0.713. The van der Waals surface area contributed by atoms with E-state index in [1.807, 2.05) is 0 Å². The first kappa shape index (κ1) is 11.0. The zero-order chi connectivity index (χ0) is 9.90. The van der Waals surface area contributed by atoms with Crippen LogP contribution in [0.1, 0.15) is 47.0 Å². The molecule has 0 spiro atoms. The van der Waals surface area contributed by atoms with E-state index in [1.165, 1.54) is 19.3 Å². The minimum Gasteiger partial charge on any atom is -0.374 e. The van der Waals surface area contributed by atoms with E-state index < -0.39 is 0 Å². The van der Waals surface area contributed by atoms with Crippen molar-refractivity contribution in [1.82, 2.24) is 5.32 Å². The molecule has 2 unspecified atom stereocenters. The Morgan fingerprint density at radius 1 is 1.31 bits per heavy atom. The van der Waals surface area contributed by atoms with Gasteiger partial charge in [-0.3, -0.25) is 0 Å². The van der Waals surface area contributed by atoms with Crippen molar-refractivity contribution in [1.29, 1.82) is 0 Å². The molecule has 0 aromatic carbocycles. The van der Waals surface area contributed by atoms with E-state index >= 15 is 0 Å². The van der Waals surface area contributed by atoms with Crippen molar-refractivity contribution in [3.8, 4) is 0 Å². The van der Waals surface area contributed by atoms with Gasteiger partial charge in [0.1, 0.15) is 0 Å². The van der Waals surface area contributed by atoms with Crippen LogP contribution in [0, 0.1) is 0 Å². The molecule has 2 atom stereocenters. The molecule has 0 aromatic rings. The average Bonchev–Trinajstić information content (AvgIpc) is 2.00. The predicted molar refractivity (Wildman–Crippen MR) is 55.9 cm³/mol. The molecule has 0 radical (unpaired) electrons. The van der Waals surface area contributed by atoms with E-state index in [9.17, 15) is 0 Å². The van der Waals surface area contributed by atoms with Gasteiger partial charge < -0.3 is 10.1 Å². The summed E-state index contributed by atoms with van der Waals surface area (Å²) in [7, 11) is 0. The maximum atomic E-state index is 5.75. The van der Waals surface area contributed by atoms with Crippen molar-refractivity contribution in [2.24, 2.45) is 0 Å². The van der Waals surface area contributed by atoms with Crippen LogP contribution >= 0.6 is 0 Å². The van der Waals surface area contributed by atoms with Crippen LogP contribution in [0.4, 0.5) is 0 Å². The van der Waals surface area contributed by atoms with Crippen molar-refractivity contribution in [3.05, 3.63) is 0 Å². The summed E-state index contributed by atoms with van der Waals surface area (Å²) in [5, 5.41) is 3.56. The van der Waals surface area contributed by atoms with Crippen LogP contribution < -0.4 is 5.32 Å². The summed E-state index contributed by atoms with van der Waals surface area (Å²) >= 11 is 0. The Hall–Kier alpha value is -0.0800. The molecule has 0 amide bonds. The zero-order valence-corrected chi connectivity index (χ0v) is 9.39. The minimum absolute atomic E-state index is 0.00235. The van der Waals surface area contributed by atoms with Crippen LogP contribution in [-0.2, 0) is 4.74 Å². The third-order valence-electron chi connectivity index (χ3n) is 2.43. The molecule has 1 heterocycles. The molecule has 1 rings (SSSR count). The van der Waals surface area contributed by atoms with E-state index in [-0.39, 0.29) is 5.60 Å². The van der Waals surface area contributed by atoms with E-state index in [0.717, 1.165) is 6.61 Å². The van der Waals surface area contributed by atoms with E-state index in [4.69, 9.17) is 4.74 Å². The molecule has 1 aliphatic heterocycles. The SMILES string of the molecule is CC1CCCC(COC(C)(C)C)N1. The molecule has 1 fully saturated rings. The monoisotopic (exact) mass is 185 g/mol. The smallest absolute Gasteiger partial charge is 0.0626 e. The Bertz CT molecular complexity index is 151. The molecular weight excluding hydrogens is 162 g/mol. The molecule has 13 heavy (non-hydrogen) atoms. The van der Waals surface area contributed by atoms with Gasteiger partial charge in [-0.25, -0.2) is 0 Å². The summed E-state index contributed by atoms with van der Waals surface area (Å²) in [4.78, 5) is 0. The third-order valence-corrected chi connectivity index (χ3v) is 2.43. The minimum atomic E-state index is 0.00235. The normalized spacial score (nSPS) is 30.5. The second-order valence-electron chi connectivity index (χ2n) is 5.12. The first-order valence-corrected chi connectivity index (χ1v) is 5.37. The van der Waals surface area contributed by atoms with Crippen LogP contribution in [0.15, 0.2) is 0 Å². The third kappa shape index (κ3) is 4.63. The number of hydrogen-bond donors (Lipinski definition) is 1. The fourth-order valence-electron chi connectivity index (χ4n) is 1.72. The highest BCUT2D eigenvalue weighted by Crippen LogP contribution is 2.15. The average molecular weight is 185 g/mol. The lowest BCUT2D eigenvalue weighted by atomic mass is 10.00. The van der Waals surface area contributed by atoms with Gasteiger partial charge in [0.2, 0.25) is 0 Å². The van der Waals surface area contributed by atoms with Crippen molar-refractivity contribution >= 4 is 0 Å². The zero-order valence-electron chi connectivity index (χ0n) is 9.39. The van der Waals surface area contributed by atoms with Gasteiger partial charge in [-0.05, 0) is 40.5 Å². The maximum Gasteiger partial charge on any atom is 0.0626 e. The summed E-state index contributed by atoms with van der Waals surface area (Å²) in [6.45, 7) is 9.44. The maximum absolute atomic E-state index is 5.75. The number of hydrogen-bond acceptors (Lipinski definition) is 2. The van der Waals surface area contributed by atoms with Gasteiger partial charge in [-0.15, -0.1) is 0 Å². The Labute approximate surface area is 82.0 Å². The standard InChI is InChI=1S/C11H23NO/c1-9-6-5-7-10(12-9)8-13-11(2,3)4/h9-10,12H,5-8H2,1-4H3. The molecular formula is C11H23NO. The van der Waals surface area contributed by atoms with Gasteiger partial charge in [0, 0.05) is 12.1 Å². The fraction of sp³-hybridized carbons (Fsp3) is 1.00. The lowest BCUT2D eigenvalue weighted by molar-refractivity contribution is -0.0194. The molecule has 1 N–H and O–H groups in total. The van der Waals surface area contributed by atoms with Gasteiger partial charge in [0.05, 0.1) is 12.2 Å². The lowest BCUT2D eigenvalue weighted by Crippen LogP contribution is -2.44. The second kappa shape index (κ2) is 4.43. The first-order chi connectivity index (χ1) is 5.97. The predicted octanol–water partition coefficient (Wildman–Crippen LogP) is 2.33. The van der Waals surface area contributed by atoms with E-state index in [0.29, 0.717) is 12.1 Å². The molecule has 2 nitrogen and oxygen atoms in total. The van der Waals surface area contributed by atoms with Crippen molar-refractivity contribution < 1.29 is 4.74 Å². The van der Waals surface area contributed by atoms with Gasteiger partial charge in [0.15, 0.2) is 0 Å². The molecule has 0 aliphatic carbocycles. The van der Waals surface area contributed by atoms with Gasteiger partial charge in [-0.1, -0.05) is 6.42 Å². The highest BCUT2D eigenvalue weighted by atomic mass is 16.5. The highest BCUT2D eigenvalue weighted by Gasteiger charge is 2.20. The van der Waals surface area contributed by atoms with Crippen LogP contribution in [-0.4, -0.2) is 24.3 Å². The number of piperidine rings is 1. The molecule has 0 saturated carbocycles. The summed E-state index contributed by atoms with van der Waals surface area (Å²) < 4.78 is 5.75. The van der Waals surface area contributed by atoms with E-state index in [2.05, 4.69) is 33.0 Å².